The van der Waals surface area contributed by atoms with Crippen LogP contribution in [-0.4, -0.2) is 58.1 Å². The van der Waals surface area contributed by atoms with Crippen molar-refractivity contribution in [1.82, 2.24) is 10.2 Å². The van der Waals surface area contributed by atoms with E-state index < -0.39 is 16.1 Å². The molecular weight excluding hydrogens is 501 g/mol. The predicted molar refractivity (Wildman–Crippen MR) is 135 cm³/mol. The number of halogens is 2. The highest BCUT2D eigenvalue weighted by Gasteiger charge is 2.27. The zero-order chi connectivity index (χ0) is 25.5. The first kappa shape index (κ1) is 27.8. The molecule has 186 valence electrons. The molecule has 0 saturated carbocycles. The van der Waals surface area contributed by atoms with Crippen molar-refractivity contribution < 1.29 is 22.7 Å². The summed E-state index contributed by atoms with van der Waals surface area (Å²) in [4.78, 5) is 26.9. The van der Waals surface area contributed by atoms with Crippen LogP contribution in [0.1, 0.15) is 25.3 Å². The lowest BCUT2D eigenvalue weighted by molar-refractivity contribution is -0.140. The minimum Gasteiger partial charge on any atom is -0.497 e. The molecule has 0 unspecified atom stereocenters. The van der Waals surface area contributed by atoms with E-state index in [1.165, 1.54) is 23.4 Å². The highest BCUT2D eigenvalue weighted by atomic mass is 35.5. The van der Waals surface area contributed by atoms with Crippen LogP contribution in [0.3, 0.4) is 0 Å². The van der Waals surface area contributed by atoms with E-state index in [-0.39, 0.29) is 37.7 Å². The second-order valence-corrected chi connectivity index (χ2v) is 10.4. The number of benzene rings is 2. The lowest BCUT2D eigenvalue weighted by Gasteiger charge is -2.29. The normalized spacial score (nSPS) is 12.1. The smallest absolute Gasteiger partial charge is 0.242 e. The summed E-state index contributed by atoms with van der Waals surface area (Å²) >= 11 is 12.6. The number of carbonyl (C=O) groups excluding carboxylic acids is 2. The van der Waals surface area contributed by atoms with Crippen LogP contribution < -0.4 is 14.4 Å². The molecule has 2 amide bonds. The fourth-order valence-corrected chi connectivity index (χ4v) is 4.89. The summed E-state index contributed by atoms with van der Waals surface area (Å²) in [6.45, 7) is 1.73. The van der Waals surface area contributed by atoms with Gasteiger partial charge < -0.3 is 15.0 Å². The molecule has 34 heavy (non-hydrogen) atoms. The van der Waals surface area contributed by atoms with Crippen molar-refractivity contribution in [2.24, 2.45) is 0 Å². The molecule has 2 aromatic carbocycles. The molecule has 0 fully saturated rings. The Morgan fingerprint density at radius 2 is 1.74 bits per heavy atom. The number of likely N-dealkylation sites (N-methyl/N-ethyl adjacent to an activating group) is 1. The van der Waals surface area contributed by atoms with E-state index in [1.54, 1.807) is 49.4 Å². The third-order valence-electron chi connectivity index (χ3n) is 5.30. The molecule has 0 radical (unpaired) electrons. The maximum Gasteiger partial charge on any atom is 0.242 e. The van der Waals surface area contributed by atoms with Crippen LogP contribution in [-0.2, 0) is 26.2 Å². The molecule has 0 aliphatic heterocycles. The number of ether oxygens (including phenoxy) is 1. The first-order chi connectivity index (χ1) is 16.0. The maximum absolute atomic E-state index is 13.2. The van der Waals surface area contributed by atoms with Gasteiger partial charge in [-0.15, -0.1) is 0 Å². The zero-order valence-corrected chi connectivity index (χ0v) is 21.9. The van der Waals surface area contributed by atoms with Crippen molar-refractivity contribution in [2.45, 2.75) is 32.4 Å². The average molecular weight is 530 g/mol. The monoisotopic (exact) mass is 529 g/mol. The summed E-state index contributed by atoms with van der Waals surface area (Å²) in [6.07, 6.45) is 1.35. The summed E-state index contributed by atoms with van der Waals surface area (Å²) in [5.41, 5.74) is 0.969. The summed E-state index contributed by atoms with van der Waals surface area (Å²) in [5.74, 6) is -0.152. The quantitative estimate of drug-likeness (QED) is 0.478. The van der Waals surface area contributed by atoms with E-state index in [4.69, 9.17) is 27.9 Å². The molecule has 0 aliphatic carbocycles. The molecule has 0 heterocycles. The number of hydrogen-bond donors (Lipinski definition) is 1. The van der Waals surface area contributed by atoms with Gasteiger partial charge in [0.25, 0.3) is 0 Å². The number of sulfonamides is 1. The highest BCUT2D eigenvalue weighted by Crippen LogP contribution is 2.27. The van der Waals surface area contributed by atoms with Crippen LogP contribution in [0, 0.1) is 0 Å². The molecule has 0 spiro atoms. The molecule has 2 rings (SSSR count). The molecule has 1 atom stereocenters. The molecule has 1 N–H and O–H groups in total. The van der Waals surface area contributed by atoms with Gasteiger partial charge in [0.05, 0.1) is 19.1 Å². The van der Waals surface area contributed by atoms with Gasteiger partial charge in [-0.1, -0.05) is 35.3 Å². The number of carbonyl (C=O) groups is 2. The van der Waals surface area contributed by atoms with Crippen LogP contribution in [0.15, 0.2) is 42.5 Å². The van der Waals surface area contributed by atoms with Crippen LogP contribution in [0.4, 0.5) is 5.69 Å². The Hall–Kier alpha value is -2.49. The van der Waals surface area contributed by atoms with Gasteiger partial charge >= 0.3 is 0 Å². The number of hydrogen-bond acceptors (Lipinski definition) is 5. The predicted octanol–water partition coefficient (Wildman–Crippen LogP) is 3.71. The summed E-state index contributed by atoms with van der Waals surface area (Å²) in [5, 5.41) is 3.31. The van der Waals surface area contributed by atoms with Crippen molar-refractivity contribution >= 4 is 50.7 Å². The standard InChI is InChI=1S/C23H29Cl2N3O5S/c1-16(23(30)26-2)27(15-19-20(24)10-6-11-21(19)25)22(29)12-7-13-28(34(4,31)32)17-8-5-9-18(14-17)33-3/h5-6,8-11,14,16H,7,12-13,15H2,1-4H3,(H,26,30)/t16-/m1/s1. The minimum absolute atomic E-state index is 0.0133. The SMILES string of the molecule is CNC(=O)[C@@H](C)N(Cc1c(Cl)cccc1Cl)C(=O)CCCN(c1cccc(OC)c1)S(C)(=O)=O. The molecule has 11 heteroatoms. The number of methoxy groups -OCH3 is 1. The van der Waals surface area contributed by atoms with Crippen LogP contribution in [0.5, 0.6) is 5.75 Å². The number of anilines is 1. The first-order valence-corrected chi connectivity index (χ1v) is 13.2. The van der Waals surface area contributed by atoms with Crippen molar-refractivity contribution in [1.29, 1.82) is 0 Å². The summed E-state index contributed by atoms with van der Waals surface area (Å²) < 4.78 is 31.2. The molecule has 8 nitrogen and oxygen atoms in total. The Morgan fingerprint density at radius 3 is 2.29 bits per heavy atom. The Morgan fingerprint density at radius 1 is 1.12 bits per heavy atom. The number of nitrogens with one attached hydrogen (secondary N) is 1. The van der Waals surface area contributed by atoms with Crippen LogP contribution >= 0.6 is 23.2 Å². The van der Waals surface area contributed by atoms with Gasteiger partial charge in [0.15, 0.2) is 0 Å². The molecule has 0 aromatic heterocycles. The van der Waals surface area contributed by atoms with Gasteiger partial charge in [-0.2, -0.15) is 0 Å². The van der Waals surface area contributed by atoms with Crippen molar-refractivity contribution in [3.05, 3.63) is 58.1 Å². The first-order valence-electron chi connectivity index (χ1n) is 10.5. The summed E-state index contributed by atoms with van der Waals surface area (Å²) in [6, 6.07) is 10.9. The average Bonchev–Trinajstić information content (AvgIpc) is 2.79. The second-order valence-electron chi connectivity index (χ2n) is 7.65. The van der Waals surface area contributed by atoms with Crippen molar-refractivity contribution in [3.63, 3.8) is 0 Å². The third kappa shape index (κ3) is 7.25. The largest absolute Gasteiger partial charge is 0.497 e. The van der Waals surface area contributed by atoms with E-state index >= 15 is 0 Å². The maximum atomic E-state index is 13.2. The van der Waals surface area contributed by atoms with Crippen LogP contribution in [0.2, 0.25) is 10.0 Å². The fourth-order valence-electron chi connectivity index (χ4n) is 3.41. The molecule has 0 saturated heterocycles. The number of rotatable bonds is 11. The van der Waals surface area contributed by atoms with Gasteiger partial charge in [-0.25, -0.2) is 8.42 Å². The molecule has 0 bridgehead atoms. The Balaban J connectivity index is 2.21. The topological polar surface area (TPSA) is 96.0 Å². The van der Waals surface area contributed by atoms with Crippen molar-refractivity contribution in [2.75, 3.05) is 31.3 Å². The number of nitrogens with zero attached hydrogens (tertiary/aromatic N) is 2. The Bertz CT molecular complexity index is 1110. The Kier molecular flexibility index (Phi) is 10.0. The van der Waals surface area contributed by atoms with E-state index in [0.717, 1.165) is 6.26 Å². The van der Waals surface area contributed by atoms with Gasteiger partial charge in [0, 0.05) is 48.2 Å². The van der Waals surface area contributed by atoms with Gasteiger partial charge in [-0.05, 0) is 37.6 Å². The molecular formula is C23H29Cl2N3O5S. The highest BCUT2D eigenvalue weighted by molar-refractivity contribution is 7.92. The molecule has 2 aromatic rings. The van der Waals surface area contributed by atoms with Gasteiger partial charge in [0.2, 0.25) is 21.8 Å². The summed E-state index contributed by atoms with van der Waals surface area (Å²) in [7, 11) is -0.617. The minimum atomic E-state index is -3.60. The Labute approximate surface area is 210 Å². The number of amides is 2. The van der Waals surface area contributed by atoms with Crippen LogP contribution in [0.25, 0.3) is 0 Å². The lowest BCUT2D eigenvalue weighted by atomic mass is 10.1. The van der Waals surface area contributed by atoms with E-state index in [2.05, 4.69) is 5.32 Å². The third-order valence-corrected chi connectivity index (χ3v) is 7.20. The molecule has 0 aliphatic rings. The van der Waals surface area contributed by atoms with E-state index in [1.807, 2.05) is 0 Å². The second kappa shape index (κ2) is 12.3. The fraction of sp³-hybridized carbons (Fsp3) is 0.391. The lowest BCUT2D eigenvalue weighted by Crippen LogP contribution is -2.47. The van der Waals surface area contributed by atoms with Gasteiger partial charge in [0.1, 0.15) is 11.8 Å². The van der Waals surface area contributed by atoms with Gasteiger partial charge in [-0.3, -0.25) is 13.9 Å². The van der Waals surface area contributed by atoms with Crippen molar-refractivity contribution in [3.8, 4) is 5.75 Å². The van der Waals surface area contributed by atoms with E-state index in [0.29, 0.717) is 27.0 Å². The van der Waals surface area contributed by atoms with E-state index in [9.17, 15) is 18.0 Å². The zero-order valence-electron chi connectivity index (χ0n) is 19.5.